The van der Waals surface area contributed by atoms with Gasteiger partial charge in [0.2, 0.25) is 5.91 Å². The van der Waals surface area contributed by atoms with E-state index in [4.69, 9.17) is 0 Å². The first kappa shape index (κ1) is 21.8. The molecule has 2 heterocycles. The van der Waals surface area contributed by atoms with Crippen LogP contribution in [0.3, 0.4) is 0 Å². The van der Waals surface area contributed by atoms with Crippen molar-refractivity contribution in [2.45, 2.75) is 37.8 Å². The van der Waals surface area contributed by atoms with Crippen molar-refractivity contribution >= 4 is 17.6 Å². The molecule has 2 fully saturated rings. The van der Waals surface area contributed by atoms with E-state index in [1.165, 1.54) is 29.2 Å². The second kappa shape index (κ2) is 9.41. The van der Waals surface area contributed by atoms with Crippen LogP contribution in [0.4, 0.5) is 14.9 Å². The fraction of sp³-hybridized carbons (Fsp3) is 0.360. The number of rotatable bonds is 4. The van der Waals surface area contributed by atoms with Crippen molar-refractivity contribution in [1.29, 1.82) is 0 Å². The Balaban J connectivity index is 1.48. The standard InChI is InChI=1S/C25H26FN3O3/c1-2-3-4-5-17-6-8-18(9-7-17)24-21-14-28(15-23(31)29(21)22(24)16-30)25(32)27-20-12-10-19(26)11-13-20/h6-13,21-22,24,30H,2-3,14-16H2,1H3,(H,27,32)/t21-,22-,24+/m0/s1. The topological polar surface area (TPSA) is 72.9 Å². The van der Waals surface area contributed by atoms with E-state index in [0.29, 0.717) is 12.2 Å². The number of aliphatic hydroxyl groups excluding tert-OH is 1. The molecule has 2 aliphatic heterocycles. The lowest BCUT2D eigenvalue weighted by Gasteiger charge is -2.58. The third-order valence-corrected chi connectivity index (χ3v) is 6.04. The lowest BCUT2D eigenvalue weighted by molar-refractivity contribution is -0.159. The average molecular weight is 435 g/mol. The molecule has 0 saturated carbocycles. The van der Waals surface area contributed by atoms with Gasteiger partial charge in [-0.05, 0) is 48.4 Å². The molecule has 2 aromatic rings. The number of aliphatic hydroxyl groups is 1. The molecular weight excluding hydrogens is 409 g/mol. The van der Waals surface area contributed by atoms with Crippen LogP contribution < -0.4 is 5.32 Å². The molecule has 3 amide bonds. The van der Waals surface area contributed by atoms with Crippen molar-refractivity contribution in [3.63, 3.8) is 0 Å². The lowest BCUT2D eigenvalue weighted by Crippen LogP contribution is -2.73. The Labute approximate surface area is 187 Å². The lowest BCUT2D eigenvalue weighted by atomic mass is 9.73. The third kappa shape index (κ3) is 4.32. The molecule has 7 heteroatoms. The van der Waals surface area contributed by atoms with Gasteiger partial charge in [0.05, 0.1) is 18.7 Å². The van der Waals surface area contributed by atoms with Crippen LogP contribution >= 0.6 is 0 Å². The number of nitrogens with one attached hydrogen (secondary N) is 1. The molecule has 3 atom stereocenters. The molecule has 166 valence electrons. The summed E-state index contributed by atoms with van der Waals surface area (Å²) in [5.74, 6) is 5.62. The summed E-state index contributed by atoms with van der Waals surface area (Å²) < 4.78 is 13.1. The Morgan fingerprint density at radius 3 is 2.56 bits per heavy atom. The zero-order valence-corrected chi connectivity index (χ0v) is 17.9. The number of carbonyl (C=O) groups is 2. The second-order valence-electron chi connectivity index (χ2n) is 8.14. The Morgan fingerprint density at radius 2 is 1.91 bits per heavy atom. The van der Waals surface area contributed by atoms with E-state index in [2.05, 4.69) is 24.1 Å². The Hall–Kier alpha value is -3.37. The van der Waals surface area contributed by atoms with Crippen LogP contribution in [0.25, 0.3) is 0 Å². The summed E-state index contributed by atoms with van der Waals surface area (Å²) in [7, 11) is 0. The van der Waals surface area contributed by atoms with E-state index in [0.717, 1.165) is 24.0 Å². The van der Waals surface area contributed by atoms with Gasteiger partial charge in [-0.1, -0.05) is 30.9 Å². The van der Waals surface area contributed by atoms with Crippen LogP contribution in [0.2, 0.25) is 0 Å². The van der Waals surface area contributed by atoms with Gasteiger partial charge < -0.3 is 20.2 Å². The first-order valence-electron chi connectivity index (χ1n) is 10.8. The molecule has 2 aliphatic rings. The van der Waals surface area contributed by atoms with Gasteiger partial charge in [0.15, 0.2) is 0 Å². The van der Waals surface area contributed by atoms with Crippen molar-refractivity contribution in [2.75, 3.05) is 25.0 Å². The van der Waals surface area contributed by atoms with E-state index in [9.17, 15) is 19.1 Å². The third-order valence-electron chi connectivity index (χ3n) is 6.04. The van der Waals surface area contributed by atoms with E-state index >= 15 is 0 Å². The Morgan fingerprint density at radius 1 is 1.19 bits per heavy atom. The zero-order valence-electron chi connectivity index (χ0n) is 17.9. The fourth-order valence-electron chi connectivity index (χ4n) is 4.47. The molecule has 0 aromatic heterocycles. The number of hydrogen-bond acceptors (Lipinski definition) is 3. The molecule has 2 saturated heterocycles. The molecule has 0 aliphatic carbocycles. The normalized spacial score (nSPS) is 21.8. The van der Waals surface area contributed by atoms with Crippen molar-refractivity contribution in [3.05, 3.63) is 65.5 Å². The van der Waals surface area contributed by atoms with Crippen LogP contribution in [-0.4, -0.2) is 58.6 Å². The highest BCUT2D eigenvalue weighted by molar-refractivity contribution is 5.93. The van der Waals surface area contributed by atoms with Crippen LogP contribution in [0, 0.1) is 17.7 Å². The van der Waals surface area contributed by atoms with Gasteiger partial charge >= 0.3 is 6.03 Å². The van der Waals surface area contributed by atoms with Crippen LogP contribution in [-0.2, 0) is 4.79 Å². The maximum atomic E-state index is 13.1. The molecule has 2 aromatic carbocycles. The van der Waals surface area contributed by atoms with Crippen molar-refractivity contribution < 1.29 is 19.1 Å². The maximum Gasteiger partial charge on any atom is 0.322 e. The SMILES string of the molecule is CCCC#Cc1ccc([C@H]2[C@H](CO)N3C(=O)CN(C(=O)Nc4ccc(F)cc4)C[C@@H]23)cc1. The molecule has 0 spiro atoms. The van der Waals surface area contributed by atoms with Gasteiger partial charge in [0.25, 0.3) is 0 Å². The fourth-order valence-corrected chi connectivity index (χ4v) is 4.47. The maximum absolute atomic E-state index is 13.1. The number of anilines is 1. The molecule has 0 bridgehead atoms. The molecule has 32 heavy (non-hydrogen) atoms. The highest BCUT2D eigenvalue weighted by Crippen LogP contribution is 2.43. The summed E-state index contributed by atoms with van der Waals surface area (Å²) in [4.78, 5) is 28.6. The number of hydrogen-bond donors (Lipinski definition) is 2. The Kier molecular flexibility index (Phi) is 6.42. The molecule has 2 N–H and O–H groups in total. The zero-order chi connectivity index (χ0) is 22.7. The summed E-state index contributed by atoms with van der Waals surface area (Å²) in [5, 5.41) is 12.6. The van der Waals surface area contributed by atoms with Gasteiger partial charge in [-0.25, -0.2) is 9.18 Å². The Bertz CT molecular complexity index is 1040. The second-order valence-corrected chi connectivity index (χ2v) is 8.14. The number of amides is 3. The quantitative estimate of drug-likeness (QED) is 0.725. The van der Waals surface area contributed by atoms with Crippen molar-refractivity contribution in [1.82, 2.24) is 9.80 Å². The first-order valence-corrected chi connectivity index (χ1v) is 10.8. The number of halogens is 1. The van der Waals surface area contributed by atoms with Gasteiger partial charge in [-0.15, -0.1) is 0 Å². The number of piperazine rings is 1. The minimum absolute atomic E-state index is 0.0568. The number of fused-ring (bicyclic) bond motifs is 1. The van der Waals surface area contributed by atoms with Gasteiger partial charge in [-0.2, -0.15) is 0 Å². The summed E-state index contributed by atoms with van der Waals surface area (Å²) in [5.41, 5.74) is 2.41. The molecule has 4 rings (SSSR count). The molecule has 0 radical (unpaired) electrons. The van der Waals surface area contributed by atoms with Crippen LogP contribution in [0.5, 0.6) is 0 Å². The first-order chi connectivity index (χ1) is 15.5. The van der Waals surface area contributed by atoms with Crippen LogP contribution in [0.1, 0.15) is 36.8 Å². The molecule has 0 unspecified atom stereocenters. The van der Waals surface area contributed by atoms with Gasteiger partial charge in [0.1, 0.15) is 12.4 Å². The van der Waals surface area contributed by atoms with Gasteiger partial charge in [-0.3, -0.25) is 4.79 Å². The minimum Gasteiger partial charge on any atom is -0.394 e. The molecular formula is C25H26FN3O3. The number of nitrogens with zero attached hydrogens (tertiary/aromatic N) is 2. The minimum atomic E-state index is -0.405. The highest BCUT2D eigenvalue weighted by atomic mass is 19.1. The van der Waals surface area contributed by atoms with Crippen molar-refractivity contribution in [3.8, 4) is 11.8 Å². The number of benzene rings is 2. The summed E-state index contributed by atoms with van der Waals surface area (Å²) in [6.07, 6.45) is 1.87. The summed E-state index contributed by atoms with van der Waals surface area (Å²) >= 11 is 0. The van der Waals surface area contributed by atoms with E-state index in [1.54, 1.807) is 4.90 Å². The van der Waals surface area contributed by atoms with E-state index < -0.39 is 6.03 Å². The predicted octanol–water partition coefficient (Wildman–Crippen LogP) is 3.18. The number of carbonyl (C=O) groups excluding carboxylic acids is 2. The summed E-state index contributed by atoms with van der Waals surface area (Å²) in [6, 6.07) is 12.5. The van der Waals surface area contributed by atoms with Gasteiger partial charge in [0, 0.05) is 30.1 Å². The highest BCUT2D eigenvalue weighted by Gasteiger charge is 2.54. The number of urea groups is 1. The van der Waals surface area contributed by atoms with Crippen molar-refractivity contribution in [2.24, 2.45) is 0 Å². The molecule has 6 nitrogen and oxygen atoms in total. The summed E-state index contributed by atoms with van der Waals surface area (Å²) in [6.45, 7) is 2.26. The average Bonchev–Trinajstić information content (AvgIpc) is 2.78. The predicted molar refractivity (Wildman–Crippen MR) is 119 cm³/mol. The monoisotopic (exact) mass is 435 g/mol. The van der Waals surface area contributed by atoms with E-state index in [-0.39, 0.29) is 42.9 Å². The number of unbranched alkanes of at least 4 members (excludes halogenated alkanes) is 1. The van der Waals surface area contributed by atoms with Crippen LogP contribution in [0.15, 0.2) is 48.5 Å². The van der Waals surface area contributed by atoms with E-state index in [1.807, 2.05) is 24.3 Å². The smallest absolute Gasteiger partial charge is 0.322 e. The largest absolute Gasteiger partial charge is 0.394 e.